The van der Waals surface area contributed by atoms with Gasteiger partial charge in [0.25, 0.3) is 0 Å². The molecule has 1 heterocycles. The van der Waals surface area contributed by atoms with Crippen LogP contribution in [0.3, 0.4) is 0 Å². The van der Waals surface area contributed by atoms with Crippen LogP contribution >= 0.6 is 0 Å². The summed E-state index contributed by atoms with van der Waals surface area (Å²) in [7, 11) is 1.72. The molecular formula is C13H19NO. The molecule has 2 rings (SSSR count). The maximum absolute atomic E-state index is 5.28. The molecule has 0 bridgehead atoms. The van der Waals surface area contributed by atoms with Gasteiger partial charge >= 0.3 is 0 Å². The van der Waals surface area contributed by atoms with Crippen molar-refractivity contribution in [2.24, 2.45) is 0 Å². The molecule has 0 radical (unpaired) electrons. The number of hydrogen-bond acceptors (Lipinski definition) is 2. The maximum atomic E-state index is 5.28. The van der Waals surface area contributed by atoms with Crippen LogP contribution in [0.1, 0.15) is 26.3 Å². The fourth-order valence-corrected chi connectivity index (χ4v) is 2.52. The fraction of sp³-hybridized carbons (Fsp3) is 0.538. The normalized spacial score (nSPS) is 19.5. The van der Waals surface area contributed by atoms with Crippen LogP contribution in [0, 0.1) is 0 Å². The van der Waals surface area contributed by atoms with Crippen LogP contribution in [0.2, 0.25) is 0 Å². The lowest BCUT2D eigenvalue weighted by atomic mass is 10.1. The van der Waals surface area contributed by atoms with Gasteiger partial charge in [0.15, 0.2) is 0 Å². The first kappa shape index (κ1) is 10.3. The van der Waals surface area contributed by atoms with Crippen molar-refractivity contribution in [1.82, 2.24) is 0 Å². The topological polar surface area (TPSA) is 12.5 Å². The molecule has 1 unspecified atom stereocenters. The van der Waals surface area contributed by atoms with Crippen molar-refractivity contribution < 1.29 is 4.74 Å². The van der Waals surface area contributed by atoms with E-state index in [4.69, 9.17) is 4.74 Å². The van der Waals surface area contributed by atoms with E-state index in [-0.39, 0.29) is 0 Å². The summed E-state index contributed by atoms with van der Waals surface area (Å²) in [5, 5.41) is 0. The van der Waals surface area contributed by atoms with Crippen molar-refractivity contribution >= 4 is 5.69 Å². The minimum Gasteiger partial charge on any atom is -0.497 e. The van der Waals surface area contributed by atoms with Crippen LogP contribution in [-0.4, -0.2) is 19.2 Å². The Bertz CT molecular complexity index is 360. The van der Waals surface area contributed by atoms with Gasteiger partial charge < -0.3 is 9.64 Å². The van der Waals surface area contributed by atoms with Gasteiger partial charge in [-0.15, -0.1) is 0 Å². The second kappa shape index (κ2) is 3.76. The van der Waals surface area contributed by atoms with Gasteiger partial charge in [-0.3, -0.25) is 0 Å². The van der Waals surface area contributed by atoms with Gasteiger partial charge in [0.05, 0.1) is 7.11 Å². The number of hydrogen-bond donors (Lipinski definition) is 0. The predicted octanol–water partition coefficient (Wildman–Crippen LogP) is 2.85. The fourth-order valence-electron chi connectivity index (χ4n) is 2.52. The molecule has 0 aromatic heterocycles. The standard InChI is InChI=1S/C13H19NO/c1-9(2)14-10(3)7-11-5-6-12(15-4)8-13(11)14/h5-6,8-10H,7H2,1-4H3. The molecule has 15 heavy (non-hydrogen) atoms. The van der Waals surface area contributed by atoms with E-state index in [0.717, 1.165) is 12.2 Å². The largest absolute Gasteiger partial charge is 0.497 e. The van der Waals surface area contributed by atoms with Gasteiger partial charge in [0, 0.05) is 23.8 Å². The molecule has 2 heteroatoms. The van der Waals surface area contributed by atoms with E-state index in [1.54, 1.807) is 7.11 Å². The zero-order valence-electron chi connectivity index (χ0n) is 9.95. The quantitative estimate of drug-likeness (QED) is 0.736. The number of ether oxygens (including phenoxy) is 1. The van der Waals surface area contributed by atoms with E-state index in [1.807, 2.05) is 0 Å². The van der Waals surface area contributed by atoms with E-state index in [2.05, 4.69) is 43.9 Å². The highest BCUT2D eigenvalue weighted by atomic mass is 16.5. The van der Waals surface area contributed by atoms with E-state index in [9.17, 15) is 0 Å². The number of fused-ring (bicyclic) bond motifs is 1. The first-order valence-electron chi connectivity index (χ1n) is 5.58. The minimum atomic E-state index is 0.549. The summed E-state index contributed by atoms with van der Waals surface area (Å²) in [6.07, 6.45) is 1.15. The molecule has 1 aromatic carbocycles. The lowest BCUT2D eigenvalue weighted by molar-refractivity contribution is 0.414. The van der Waals surface area contributed by atoms with Crippen LogP contribution in [0.4, 0.5) is 5.69 Å². The second-order valence-electron chi connectivity index (χ2n) is 4.55. The Labute approximate surface area is 91.9 Å². The van der Waals surface area contributed by atoms with E-state index in [0.29, 0.717) is 12.1 Å². The molecule has 0 aliphatic carbocycles. The Kier molecular flexibility index (Phi) is 2.59. The zero-order valence-corrected chi connectivity index (χ0v) is 9.95. The molecule has 1 aliphatic heterocycles. The van der Waals surface area contributed by atoms with Crippen LogP contribution in [0.5, 0.6) is 5.75 Å². The zero-order chi connectivity index (χ0) is 11.0. The van der Waals surface area contributed by atoms with Crippen molar-refractivity contribution in [3.05, 3.63) is 23.8 Å². The van der Waals surface area contributed by atoms with Crippen molar-refractivity contribution in [2.45, 2.75) is 39.3 Å². The summed E-state index contributed by atoms with van der Waals surface area (Å²) in [6.45, 7) is 6.77. The first-order chi connectivity index (χ1) is 7.13. The smallest absolute Gasteiger partial charge is 0.120 e. The lowest BCUT2D eigenvalue weighted by Gasteiger charge is -2.29. The highest BCUT2D eigenvalue weighted by Gasteiger charge is 2.27. The van der Waals surface area contributed by atoms with E-state index < -0.39 is 0 Å². The molecule has 0 fully saturated rings. The van der Waals surface area contributed by atoms with Crippen LogP contribution < -0.4 is 9.64 Å². The maximum Gasteiger partial charge on any atom is 0.120 e. The first-order valence-corrected chi connectivity index (χ1v) is 5.58. The van der Waals surface area contributed by atoms with Crippen molar-refractivity contribution in [3.8, 4) is 5.75 Å². The summed E-state index contributed by atoms with van der Waals surface area (Å²) in [4.78, 5) is 2.47. The summed E-state index contributed by atoms with van der Waals surface area (Å²) >= 11 is 0. The van der Waals surface area contributed by atoms with Crippen molar-refractivity contribution in [2.75, 3.05) is 12.0 Å². The van der Waals surface area contributed by atoms with Crippen molar-refractivity contribution in [3.63, 3.8) is 0 Å². The van der Waals surface area contributed by atoms with E-state index in [1.165, 1.54) is 11.3 Å². The second-order valence-corrected chi connectivity index (χ2v) is 4.55. The van der Waals surface area contributed by atoms with Gasteiger partial charge in [0.2, 0.25) is 0 Å². The van der Waals surface area contributed by atoms with Crippen LogP contribution in [-0.2, 0) is 6.42 Å². The van der Waals surface area contributed by atoms with Crippen LogP contribution in [0.25, 0.3) is 0 Å². The van der Waals surface area contributed by atoms with Gasteiger partial charge in [-0.1, -0.05) is 6.07 Å². The molecule has 0 saturated heterocycles. The van der Waals surface area contributed by atoms with Crippen molar-refractivity contribution in [1.29, 1.82) is 0 Å². The molecule has 82 valence electrons. The average Bonchev–Trinajstić information content (AvgIpc) is 2.52. The number of benzene rings is 1. The molecule has 1 atom stereocenters. The predicted molar refractivity (Wildman–Crippen MR) is 63.8 cm³/mol. The Morgan fingerprint density at radius 1 is 1.40 bits per heavy atom. The third-order valence-electron chi connectivity index (χ3n) is 3.12. The molecular weight excluding hydrogens is 186 g/mol. The minimum absolute atomic E-state index is 0.549. The molecule has 0 N–H and O–H groups in total. The Hall–Kier alpha value is -1.18. The summed E-state index contributed by atoms with van der Waals surface area (Å²) in [6, 6.07) is 7.54. The third-order valence-corrected chi connectivity index (χ3v) is 3.12. The monoisotopic (exact) mass is 205 g/mol. The Morgan fingerprint density at radius 3 is 2.73 bits per heavy atom. The Morgan fingerprint density at radius 2 is 2.13 bits per heavy atom. The summed E-state index contributed by atoms with van der Waals surface area (Å²) in [5.41, 5.74) is 2.79. The number of nitrogens with zero attached hydrogens (tertiary/aromatic N) is 1. The third kappa shape index (κ3) is 1.69. The SMILES string of the molecule is COc1ccc2c(c1)N(C(C)C)C(C)C2. The van der Waals surface area contributed by atoms with Gasteiger partial charge in [-0.25, -0.2) is 0 Å². The summed E-state index contributed by atoms with van der Waals surface area (Å²) in [5.74, 6) is 0.952. The number of methoxy groups -OCH3 is 1. The molecule has 2 nitrogen and oxygen atoms in total. The van der Waals surface area contributed by atoms with Gasteiger partial charge in [0.1, 0.15) is 5.75 Å². The molecule has 0 amide bonds. The molecule has 0 spiro atoms. The summed E-state index contributed by atoms with van der Waals surface area (Å²) < 4.78 is 5.28. The number of rotatable bonds is 2. The molecule has 1 aliphatic rings. The Balaban J connectivity index is 2.41. The molecule has 1 aromatic rings. The van der Waals surface area contributed by atoms with Crippen LogP contribution in [0.15, 0.2) is 18.2 Å². The lowest BCUT2D eigenvalue weighted by Crippen LogP contribution is -2.35. The van der Waals surface area contributed by atoms with Gasteiger partial charge in [-0.05, 0) is 38.8 Å². The highest BCUT2D eigenvalue weighted by Crippen LogP contribution is 2.36. The average molecular weight is 205 g/mol. The van der Waals surface area contributed by atoms with E-state index >= 15 is 0 Å². The highest BCUT2D eigenvalue weighted by molar-refractivity contribution is 5.62. The van der Waals surface area contributed by atoms with Gasteiger partial charge in [-0.2, -0.15) is 0 Å². The number of anilines is 1. The molecule has 0 saturated carbocycles.